The van der Waals surface area contributed by atoms with Gasteiger partial charge in [0.2, 0.25) is 11.7 Å². The fourth-order valence-corrected chi connectivity index (χ4v) is 8.87. The first-order valence-corrected chi connectivity index (χ1v) is 19.9. The monoisotopic (exact) mass is 777 g/mol. The summed E-state index contributed by atoms with van der Waals surface area (Å²) in [6, 6.07) is 10.5. The zero-order chi connectivity index (χ0) is 39.7. The van der Waals surface area contributed by atoms with Gasteiger partial charge in [0.25, 0.3) is 5.69 Å². The zero-order valence-electron chi connectivity index (χ0n) is 31.9. The van der Waals surface area contributed by atoms with E-state index >= 15 is 0 Å². The van der Waals surface area contributed by atoms with Gasteiger partial charge in [0.05, 0.1) is 43.0 Å². The smallest absolute Gasteiger partial charge is 0.269 e. The van der Waals surface area contributed by atoms with Crippen LogP contribution in [0.15, 0.2) is 71.9 Å². The minimum atomic E-state index is -1.43. The molecule has 1 heterocycles. The molecule has 4 aliphatic rings. The van der Waals surface area contributed by atoms with E-state index in [0.29, 0.717) is 29.9 Å². The summed E-state index contributed by atoms with van der Waals surface area (Å²) >= 11 is 0. The maximum atomic E-state index is 14.4. The lowest BCUT2D eigenvalue weighted by Gasteiger charge is -2.60. The molecule has 56 heavy (non-hydrogen) atoms. The lowest BCUT2D eigenvalue weighted by molar-refractivity contribution is -0.384. The number of nitro groups is 1. The number of fused-ring (bicyclic) bond motifs is 2. The summed E-state index contributed by atoms with van der Waals surface area (Å²) in [4.78, 5) is 33.1. The van der Waals surface area contributed by atoms with Crippen LogP contribution in [0.2, 0.25) is 0 Å². The topological polar surface area (TPSA) is 194 Å². The van der Waals surface area contributed by atoms with Crippen molar-refractivity contribution in [1.29, 1.82) is 0 Å². The van der Waals surface area contributed by atoms with Gasteiger partial charge in [-0.3, -0.25) is 14.9 Å². The Morgan fingerprint density at radius 2 is 1.79 bits per heavy atom. The Hall–Kier alpha value is -4.34. The number of phenolic OH excluding ortho intramolecular Hbond substituents is 1. The van der Waals surface area contributed by atoms with Crippen LogP contribution in [0.5, 0.6) is 11.5 Å². The molecule has 0 radical (unpaired) electrons. The van der Waals surface area contributed by atoms with Crippen LogP contribution >= 0.6 is 0 Å². The number of aliphatic hydroxyl groups excluding tert-OH is 3. The summed E-state index contributed by atoms with van der Waals surface area (Å²) in [7, 11) is 0. The molecule has 1 amide bonds. The second kappa shape index (κ2) is 19.2. The Morgan fingerprint density at radius 1 is 1.04 bits per heavy atom. The van der Waals surface area contributed by atoms with Gasteiger partial charge in [0.1, 0.15) is 24.1 Å². The van der Waals surface area contributed by atoms with E-state index in [1.807, 2.05) is 0 Å². The lowest BCUT2D eigenvalue weighted by Crippen LogP contribution is -2.70. The SMILES string of the molecule is C=CCO[C@@]12Oc3ccc(O)cc3[C@H]3[C@H](CCCCO)[C@@H](CCCCO)C=C(C(=NOCc4ccc([N+](=O)[O-])cc4)C[C@@H]1N(CCOCCO)C(=O)C1CC1)[C@H]32. The predicted molar refractivity (Wildman–Crippen MR) is 207 cm³/mol. The van der Waals surface area contributed by atoms with Crippen LogP contribution in [0, 0.1) is 33.8 Å². The average molecular weight is 778 g/mol. The number of unbranched alkanes of at least 4 members (excludes halogenated alkanes) is 2. The molecule has 6 atom stereocenters. The number of hydrogen-bond donors (Lipinski definition) is 4. The second-order valence-electron chi connectivity index (χ2n) is 15.1. The van der Waals surface area contributed by atoms with Crippen molar-refractivity contribution in [3.8, 4) is 11.5 Å². The normalized spacial score (nSPS) is 25.7. The minimum absolute atomic E-state index is 0.00616. The van der Waals surface area contributed by atoms with E-state index in [2.05, 4.69) is 12.7 Å². The number of benzene rings is 2. The fraction of sp³-hybridized carbons (Fsp3) is 0.571. The molecule has 304 valence electrons. The first-order valence-electron chi connectivity index (χ1n) is 19.9. The number of carbonyl (C=O) groups excluding carboxylic acids is 1. The summed E-state index contributed by atoms with van der Waals surface area (Å²) in [6.45, 7) is 4.61. The quantitative estimate of drug-likeness (QED) is 0.0519. The molecular formula is C42H55N3O11. The van der Waals surface area contributed by atoms with Crippen LogP contribution in [-0.4, -0.2) is 99.9 Å². The van der Waals surface area contributed by atoms with E-state index < -0.39 is 22.7 Å². The summed E-state index contributed by atoms with van der Waals surface area (Å²) < 4.78 is 19.8. The molecule has 2 saturated carbocycles. The number of amides is 1. The maximum absolute atomic E-state index is 14.4. The average Bonchev–Trinajstić information content (AvgIpc) is 4.05. The van der Waals surface area contributed by atoms with Crippen molar-refractivity contribution in [3.05, 3.63) is 88.0 Å². The van der Waals surface area contributed by atoms with Gasteiger partial charge in [-0.15, -0.1) is 6.58 Å². The number of aliphatic hydroxyl groups is 3. The molecule has 3 aliphatic carbocycles. The van der Waals surface area contributed by atoms with Gasteiger partial charge in [0.15, 0.2) is 0 Å². The van der Waals surface area contributed by atoms with Crippen LogP contribution in [0.25, 0.3) is 0 Å². The zero-order valence-corrected chi connectivity index (χ0v) is 31.9. The number of rotatable bonds is 22. The summed E-state index contributed by atoms with van der Waals surface area (Å²) in [5.41, 5.74) is 2.95. The first kappa shape index (κ1) is 41.3. The maximum Gasteiger partial charge on any atom is 0.269 e. The van der Waals surface area contributed by atoms with E-state index in [0.717, 1.165) is 49.7 Å². The van der Waals surface area contributed by atoms with Gasteiger partial charge in [-0.05, 0) is 91.8 Å². The predicted octanol–water partition coefficient (Wildman–Crippen LogP) is 5.38. The van der Waals surface area contributed by atoms with Crippen LogP contribution in [0.3, 0.4) is 0 Å². The molecule has 4 N–H and O–H groups in total. The molecule has 0 bridgehead atoms. The van der Waals surface area contributed by atoms with Crippen molar-refractivity contribution in [3.63, 3.8) is 0 Å². The first-order chi connectivity index (χ1) is 27.3. The molecule has 2 fully saturated rings. The molecule has 14 nitrogen and oxygen atoms in total. The van der Waals surface area contributed by atoms with E-state index in [-0.39, 0.29) is 100 Å². The van der Waals surface area contributed by atoms with Crippen LogP contribution in [0.4, 0.5) is 5.69 Å². The van der Waals surface area contributed by atoms with Gasteiger partial charge in [-0.1, -0.05) is 30.1 Å². The summed E-state index contributed by atoms with van der Waals surface area (Å²) in [6.07, 6.45) is 9.99. The van der Waals surface area contributed by atoms with E-state index in [4.69, 9.17) is 24.2 Å². The van der Waals surface area contributed by atoms with Gasteiger partial charge >= 0.3 is 0 Å². The number of hydrogen-bond acceptors (Lipinski definition) is 12. The Morgan fingerprint density at radius 3 is 2.46 bits per heavy atom. The number of aromatic hydroxyl groups is 1. The number of nitrogens with zero attached hydrogens (tertiary/aromatic N) is 3. The van der Waals surface area contributed by atoms with Crippen LogP contribution in [-0.2, 0) is 25.7 Å². The van der Waals surface area contributed by atoms with E-state index in [9.17, 15) is 35.3 Å². The Kier molecular flexibility index (Phi) is 14.2. The number of non-ortho nitro benzene ring substituents is 1. The standard InChI is InChI=1S/C42H55N3O11/c1-2-21-54-42-38(44(17-22-53-23-20-48)41(50)29-11-12-29)26-36(43-55-27-28-9-13-31(14-10-28)45(51)52)34-24-30(7-3-5-18-46)33(8-4-6-19-47)39(40(34)42)35-25-32(49)15-16-37(35)56-42/h2,9-10,13-16,24-25,29-30,33,38-40,46-49H,1,3-8,11-12,17-23,26-27H2/t30-,33+,38-,39+,40+,42+/m0/s1. The summed E-state index contributed by atoms with van der Waals surface area (Å²) in [5.74, 6) is -1.77. The fourth-order valence-electron chi connectivity index (χ4n) is 8.87. The number of allylic oxidation sites excluding steroid dienone is 1. The molecular weight excluding hydrogens is 722 g/mol. The molecule has 0 saturated heterocycles. The highest BCUT2D eigenvalue weighted by Crippen LogP contribution is 2.62. The van der Waals surface area contributed by atoms with Gasteiger partial charge in [-0.25, -0.2) is 0 Å². The van der Waals surface area contributed by atoms with Gasteiger partial charge in [0, 0.05) is 55.7 Å². The van der Waals surface area contributed by atoms with Crippen LogP contribution < -0.4 is 4.74 Å². The number of ether oxygens (including phenoxy) is 3. The van der Waals surface area contributed by atoms with Crippen molar-refractivity contribution >= 4 is 17.3 Å². The molecule has 2 aromatic rings. The summed E-state index contributed by atoms with van der Waals surface area (Å²) in [5, 5.41) is 56.0. The number of phenols is 1. The Balaban J connectivity index is 1.52. The molecule has 0 aromatic heterocycles. The third kappa shape index (κ3) is 9.10. The van der Waals surface area contributed by atoms with Crippen LogP contribution in [0.1, 0.15) is 74.8 Å². The largest absolute Gasteiger partial charge is 0.508 e. The van der Waals surface area contributed by atoms with Crippen molar-refractivity contribution in [1.82, 2.24) is 4.90 Å². The lowest BCUT2D eigenvalue weighted by atomic mass is 9.55. The Labute approximate surface area is 327 Å². The molecule has 0 spiro atoms. The second-order valence-corrected chi connectivity index (χ2v) is 15.1. The molecule has 1 aliphatic heterocycles. The highest BCUT2D eigenvalue weighted by Gasteiger charge is 2.65. The van der Waals surface area contributed by atoms with E-state index in [1.54, 1.807) is 41.3 Å². The van der Waals surface area contributed by atoms with Gasteiger partial charge < -0.3 is 44.4 Å². The minimum Gasteiger partial charge on any atom is -0.508 e. The van der Waals surface area contributed by atoms with Crippen molar-refractivity contribution in [2.75, 3.05) is 46.2 Å². The molecule has 6 rings (SSSR count). The number of nitro benzene ring substituents is 1. The highest BCUT2D eigenvalue weighted by molar-refractivity contribution is 6.03. The third-order valence-electron chi connectivity index (χ3n) is 11.5. The molecule has 14 heteroatoms. The molecule has 0 unspecified atom stereocenters. The van der Waals surface area contributed by atoms with Crippen molar-refractivity contribution < 1.29 is 49.2 Å². The van der Waals surface area contributed by atoms with E-state index in [1.165, 1.54) is 12.1 Å². The molecule has 2 aromatic carbocycles. The third-order valence-corrected chi connectivity index (χ3v) is 11.5. The Bertz CT molecular complexity index is 1730. The number of carbonyl (C=O) groups is 1. The van der Waals surface area contributed by atoms with Gasteiger partial charge in [-0.2, -0.15) is 0 Å². The highest BCUT2D eigenvalue weighted by atomic mass is 16.7. The number of oxime groups is 1. The van der Waals surface area contributed by atoms with Crippen molar-refractivity contribution in [2.24, 2.45) is 28.8 Å². The van der Waals surface area contributed by atoms with Crippen molar-refractivity contribution in [2.45, 2.75) is 82.1 Å².